The second-order valence-corrected chi connectivity index (χ2v) is 7.28. The summed E-state index contributed by atoms with van der Waals surface area (Å²) in [4.78, 5) is 28.6. The predicted molar refractivity (Wildman–Crippen MR) is 94.7 cm³/mol. The molecule has 2 N–H and O–H groups in total. The third kappa shape index (κ3) is 3.79. The van der Waals surface area contributed by atoms with Crippen molar-refractivity contribution in [1.82, 2.24) is 4.98 Å². The van der Waals surface area contributed by atoms with Gasteiger partial charge in [-0.25, -0.2) is 0 Å². The Labute approximate surface area is 145 Å². The number of carbonyl (C=O) groups is 2. The van der Waals surface area contributed by atoms with Gasteiger partial charge < -0.3 is 0 Å². The molecule has 0 spiro atoms. The van der Waals surface area contributed by atoms with Crippen LogP contribution in [0.4, 0.5) is 10.4 Å². The molecule has 0 aliphatic carbocycles. The summed E-state index contributed by atoms with van der Waals surface area (Å²) in [5.41, 5.74) is 2.34. The molecule has 5 nitrogen and oxygen atoms in total. The summed E-state index contributed by atoms with van der Waals surface area (Å²) in [6, 6.07) is 16.5. The van der Waals surface area contributed by atoms with Crippen LogP contribution >= 0.6 is 0 Å². The van der Waals surface area contributed by atoms with Crippen LogP contribution in [0.2, 0.25) is 0 Å². The Morgan fingerprint density at radius 3 is 2.38 bits per heavy atom. The van der Waals surface area contributed by atoms with Crippen molar-refractivity contribution in [2.24, 2.45) is 0 Å². The van der Waals surface area contributed by atoms with Crippen LogP contribution in [0.1, 0.15) is 25.2 Å². The van der Waals surface area contributed by atoms with E-state index >= 15 is 0 Å². The maximum absolute atomic E-state index is 12.3. The number of para-hydroxylation sites is 1. The molecule has 2 aromatic carbocycles. The molecule has 0 saturated heterocycles. The fraction of sp³-hybridized carbons (Fsp3) is 0.0556. The molecular weight excluding hydrogens is 369 g/mol. The van der Waals surface area contributed by atoms with Gasteiger partial charge in [-0.2, -0.15) is 0 Å². The molecule has 120 valence electrons. The molecule has 0 aliphatic rings. The van der Waals surface area contributed by atoms with Gasteiger partial charge in [0.05, 0.1) is 0 Å². The molecule has 2 amide bonds. The molecule has 0 unspecified atom stereocenters. The normalized spacial score (nSPS) is 10.2. The first kappa shape index (κ1) is 16.2. The first-order valence-electron chi connectivity index (χ1n) is 7.33. The number of rotatable bonds is 4. The van der Waals surface area contributed by atoms with Crippen molar-refractivity contribution in [3.63, 3.8) is 0 Å². The molecule has 6 heteroatoms. The second kappa shape index (κ2) is 7.25. The Morgan fingerprint density at radius 1 is 0.917 bits per heavy atom. The fourth-order valence-corrected chi connectivity index (χ4v) is 3.58. The summed E-state index contributed by atoms with van der Waals surface area (Å²) in [5.74, 6) is -0.401. The first-order valence-corrected chi connectivity index (χ1v) is 9.04. The number of amides is 2. The number of nitrogens with one attached hydrogen (secondary N) is 2. The molecular formula is C18H15N3O2Se. The van der Waals surface area contributed by atoms with Crippen molar-refractivity contribution >= 4 is 36.7 Å². The van der Waals surface area contributed by atoms with Gasteiger partial charge in [0.15, 0.2) is 0 Å². The third-order valence-corrected chi connectivity index (χ3v) is 5.29. The van der Waals surface area contributed by atoms with E-state index in [4.69, 9.17) is 0 Å². The number of nitrogens with zero attached hydrogens (tertiary/aromatic N) is 1. The van der Waals surface area contributed by atoms with Crippen molar-refractivity contribution in [2.75, 3.05) is 10.6 Å². The number of hydrogen-bond donors (Lipinski definition) is 2. The first-order chi connectivity index (χ1) is 11.6. The van der Waals surface area contributed by atoms with E-state index in [-0.39, 0.29) is 26.3 Å². The van der Waals surface area contributed by atoms with Gasteiger partial charge in [-0.1, -0.05) is 0 Å². The Hall–Kier alpha value is -2.69. The van der Waals surface area contributed by atoms with Gasteiger partial charge >= 0.3 is 145 Å². The average molecular weight is 384 g/mol. The van der Waals surface area contributed by atoms with Crippen molar-refractivity contribution in [3.8, 4) is 0 Å². The topological polar surface area (TPSA) is 71.1 Å². The van der Waals surface area contributed by atoms with Gasteiger partial charge in [-0.05, 0) is 0 Å². The molecule has 0 bridgehead atoms. The molecule has 3 rings (SSSR count). The standard InChI is InChI=1S/C18H15N3O2Se/c1-12-7-5-6-10-14(12)20-17(23)15-11-19-18(24-15)21-16(22)13-8-3-2-4-9-13/h2-11H,1H3,(H,20,23)(H,19,21,22). The number of benzene rings is 2. The van der Waals surface area contributed by atoms with E-state index in [1.54, 1.807) is 24.3 Å². The summed E-state index contributed by atoms with van der Waals surface area (Å²) in [7, 11) is 0. The minimum absolute atomic E-state index is 0.183. The molecule has 24 heavy (non-hydrogen) atoms. The van der Waals surface area contributed by atoms with Gasteiger partial charge in [0, 0.05) is 0 Å². The van der Waals surface area contributed by atoms with E-state index in [0.29, 0.717) is 14.7 Å². The zero-order valence-corrected chi connectivity index (χ0v) is 14.7. The van der Waals surface area contributed by atoms with Crippen molar-refractivity contribution in [2.45, 2.75) is 6.92 Å². The number of hydrogen-bond acceptors (Lipinski definition) is 3. The summed E-state index contributed by atoms with van der Waals surface area (Å²) in [6.45, 7) is 1.94. The van der Waals surface area contributed by atoms with Crippen molar-refractivity contribution in [1.29, 1.82) is 0 Å². The Kier molecular flexibility index (Phi) is 4.89. The zero-order chi connectivity index (χ0) is 16.9. The molecule has 0 aliphatic heterocycles. The minimum atomic E-state index is -0.322. The van der Waals surface area contributed by atoms with Crippen molar-refractivity contribution in [3.05, 3.63) is 76.4 Å². The molecule has 0 fully saturated rings. The van der Waals surface area contributed by atoms with E-state index in [9.17, 15) is 9.59 Å². The molecule has 1 heterocycles. The Morgan fingerprint density at radius 2 is 1.62 bits per heavy atom. The quantitative estimate of drug-likeness (QED) is 0.680. The van der Waals surface area contributed by atoms with E-state index in [2.05, 4.69) is 15.6 Å². The summed E-state index contributed by atoms with van der Waals surface area (Å²) in [5, 5.41) is 5.64. The molecule has 1 aromatic heterocycles. The predicted octanol–water partition coefficient (Wildman–Crippen LogP) is 2.95. The summed E-state index contributed by atoms with van der Waals surface area (Å²) in [6.07, 6.45) is 1.52. The fourth-order valence-electron chi connectivity index (χ4n) is 2.09. The zero-order valence-electron chi connectivity index (χ0n) is 12.9. The van der Waals surface area contributed by atoms with Crippen LogP contribution in [0.5, 0.6) is 0 Å². The SMILES string of the molecule is Cc1ccccc1NC(=O)c1cnc(NC(=O)c2ccccc2)[se]1. The van der Waals surface area contributed by atoms with E-state index in [1.165, 1.54) is 6.20 Å². The van der Waals surface area contributed by atoms with Gasteiger partial charge in [-0.15, -0.1) is 0 Å². The van der Waals surface area contributed by atoms with E-state index < -0.39 is 0 Å². The van der Waals surface area contributed by atoms with E-state index in [0.717, 1.165) is 11.3 Å². The van der Waals surface area contributed by atoms with Crippen LogP contribution in [0.15, 0.2) is 60.8 Å². The van der Waals surface area contributed by atoms with Crippen LogP contribution in [0.3, 0.4) is 0 Å². The van der Waals surface area contributed by atoms with Crippen molar-refractivity contribution < 1.29 is 9.59 Å². The summed E-state index contributed by atoms with van der Waals surface area (Å²) < 4.78 is 1.11. The Balaban J connectivity index is 1.68. The Bertz CT molecular complexity index is 875. The maximum atomic E-state index is 12.3. The number of carbonyl (C=O) groups excluding carboxylic acids is 2. The average Bonchev–Trinajstić information content (AvgIpc) is 3.06. The second-order valence-electron chi connectivity index (χ2n) is 5.12. The number of anilines is 2. The molecule has 0 radical (unpaired) electrons. The van der Waals surface area contributed by atoms with Crippen LogP contribution in [0, 0.1) is 6.92 Å². The third-order valence-electron chi connectivity index (χ3n) is 3.38. The van der Waals surface area contributed by atoms with Gasteiger partial charge in [0.2, 0.25) is 0 Å². The van der Waals surface area contributed by atoms with Crippen LogP contribution < -0.4 is 10.6 Å². The monoisotopic (exact) mass is 385 g/mol. The molecule has 3 aromatic rings. The van der Waals surface area contributed by atoms with Gasteiger partial charge in [0.1, 0.15) is 0 Å². The molecule has 0 saturated carbocycles. The van der Waals surface area contributed by atoms with E-state index in [1.807, 2.05) is 37.3 Å². The summed E-state index contributed by atoms with van der Waals surface area (Å²) >= 11 is -0.322. The van der Waals surface area contributed by atoms with Gasteiger partial charge in [-0.3, -0.25) is 0 Å². The number of aromatic nitrogens is 1. The van der Waals surface area contributed by atoms with Crippen LogP contribution in [-0.4, -0.2) is 31.3 Å². The molecule has 0 atom stereocenters. The van der Waals surface area contributed by atoms with Crippen LogP contribution in [-0.2, 0) is 0 Å². The number of aryl methyl sites for hydroxylation is 1. The van der Waals surface area contributed by atoms with Gasteiger partial charge in [0.25, 0.3) is 0 Å². The van der Waals surface area contributed by atoms with Crippen LogP contribution in [0.25, 0.3) is 0 Å².